The van der Waals surface area contributed by atoms with Gasteiger partial charge in [0.05, 0.1) is 28.8 Å². The second kappa shape index (κ2) is 6.09. The zero-order valence-corrected chi connectivity index (χ0v) is 11.3. The van der Waals surface area contributed by atoms with Crippen molar-refractivity contribution < 1.29 is 4.79 Å². The van der Waals surface area contributed by atoms with Gasteiger partial charge in [-0.2, -0.15) is 5.26 Å². The molecular weight excluding hydrogens is 274 g/mol. The van der Waals surface area contributed by atoms with Gasteiger partial charge in [-0.05, 0) is 35.9 Å². The molecule has 2 rings (SSSR count). The molecule has 0 saturated heterocycles. The van der Waals surface area contributed by atoms with Crippen LogP contribution in [0, 0.1) is 11.3 Å². The molecule has 5 heteroatoms. The number of amides is 1. The van der Waals surface area contributed by atoms with Crippen LogP contribution in [-0.4, -0.2) is 5.91 Å². The van der Waals surface area contributed by atoms with Gasteiger partial charge in [0.25, 0.3) is 0 Å². The minimum Gasteiger partial charge on any atom is -0.399 e. The van der Waals surface area contributed by atoms with Crippen LogP contribution >= 0.6 is 11.6 Å². The monoisotopic (exact) mass is 285 g/mol. The number of nitriles is 1. The fraction of sp³-hybridized carbons (Fsp3) is 0.0667. The Bertz CT molecular complexity index is 692. The first kappa shape index (κ1) is 13.9. The van der Waals surface area contributed by atoms with E-state index in [2.05, 4.69) is 5.32 Å². The number of hydrogen-bond donors (Lipinski definition) is 2. The van der Waals surface area contributed by atoms with E-state index in [-0.39, 0.29) is 12.3 Å². The maximum Gasteiger partial charge on any atom is 0.228 e. The Morgan fingerprint density at radius 2 is 2.10 bits per heavy atom. The maximum atomic E-state index is 11.9. The van der Waals surface area contributed by atoms with E-state index < -0.39 is 0 Å². The van der Waals surface area contributed by atoms with Crippen molar-refractivity contribution in [3.63, 3.8) is 0 Å². The predicted molar refractivity (Wildman–Crippen MR) is 79.4 cm³/mol. The van der Waals surface area contributed by atoms with Gasteiger partial charge < -0.3 is 11.1 Å². The van der Waals surface area contributed by atoms with Crippen LogP contribution in [0.5, 0.6) is 0 Å². The van der Waals surface area contributed by atoms with Gasteiger partial charge in [0.1, 0.15) is 0 Å². The molecule has 0 bridgehead atoms. The fourth-order valence-corrected chi connectivity index (χ4v) is 2.00. The summed E-state index contributed by atoms with van der Waals surface area (Å²) in [7, 11) is 0. The Morgan fingerprint density at radius 3 is 2.75 bits per heavy atom. The van der Waals surface area contributed by atoms with Crippen molar-refractivity contribution >= 4 is 28.9 Å². The number of anilines is 2. The molecule has 0 unspecified atom stereocenters. The SMILES string of the molecule is N#Cc1ccc(NC(=O)Cc2cccc(N)c2)c(Cl)c1. The molecule has 2 aromatic rings. The van der Waals surface area contributed by atoms with Crippen molar-refractivity contribution in [2.45, 2.75) is 6.42 Å². The quantitative estimate of drug-likeness (QED) is 0.851. The molecule has 3 N–H and O–H groups in total. The number of nitrogens with zero attached hydrogens (tertiary/aromatic N) is 1. The van der Waals surface area contributed by atoms with E-state index in [0.29, 0.717) is 22.0 Å². The van der Waals surface area contributed by atoms with Gasteiger partial charge in [0.2, 0.25) is 5.91 Å². The van der Waals surface area contributed by atoms with Gasteiger partial charge >= 0.3 is 0 Å². The second-order valence-corrected chi connectivity index (χ2v) is 4.68. The van der Waals surface area contributed by atoms with Crippen LogP contribution in [0.4, 0.5) is 11.4 Å². The number of carbonyl (C=O) groups is 1. The molecule has 0 aliphatic rings. The van der Waals surface area contributed by atoms with Crippen molar-refractivity contribution in [3.05, 3.63) is 58.6 Å². The maximum absolute atomic E-state index is 11.9. The van der Waals surface area contributed by atoms with Crippen LogP contribution in [0.1, 0.15) is 11.1 Å². The van der Waals surface area contributed by atoms with E-state index in [1.807, 2.05) is 12.1 Å². The molecule has 0 atom stereocenters. The minimum atomic E-state index is -0.192. The van der Waals surface area contributed by atoms with Crippen molar-refractivity contribution in [1.29, 1.82) is 5.26 Å². The lowest BCUT2D eigenvalue weighted by Crippen LogP contribution is -2.14. The lowest BCUT2D eigenvalue weighted by atomic mass is 10.1. The molecule has 20 heavy (non-hydrogen) atoms. The zero-order chi connectivity index (χ0) is 14.5. The average molecular weight is 286 g/mol. The van der Waals surface area contributed by atoms with Crippen molar-refractivity contribution in [1.82, 2.24) is 0 Å². The van der Waals surface area contributed by atoms with Crippen LogP contribution < -0.4 is 11.1 Å². The summed E-state index contributed by atoms with van der Waals surface area (Å²) >= 11 is 5.99. The van der Waals surface area contributed by atoms with Crippen LogP contribution in [0.2, 0.25) is 5.02 Å². The molecular formula is C15H12ClN3O. The smallest absolute Gasteiger partial charge is 0.228 e. The molecule has 0 saturated carbocycles. The van der Waals surface area contributed by atoms with E-state index in [1.54, 1.807) is 30.3 Å². The van der Waals surface area contributed by atoms with Gasteiger partial charge in [-0.3, -0.25) is 4.79 Å². The highest BCUT2D eigenvalue weighted by Crippen LogP contribution is 2.23. The van der Waals surface area contributed by atoms with Crippen molar-refractivity contribution in [2.75, 3.05) is 11.1 Å². The topological polar surface area (TPSA) is 78.9 Å². The standard InChI is InChI=1S/C15H12ClN3O/c16-13-7-11(9-17)4-5-14(13)19-15(20)8-10-2-1-3-12(18)6-10/h1-7H,8,18H2,(H,19,20). The van der Waals surface area contributed by atoms with Crippen LogP contribution in [-0.2, 0) is 11.2 Å². The van der Waals surface area contributed by atoms with E-state index in [9.17, 15) is 4.79 Å². The molecule has 0 heterocycles. The van der Waals surface area contributed by atoms with Gasteiger partial charge in [-0.15, -0.1) is 0 Å². The van der Waals surface area contributed by atoms with Crippen molar-refractivity contribution in [2.24, 2.45) is 0 Å². The molecule has 2 aromatic carbocycles. The average Bonchev–Trinajstić information content (AvgIpc) is 2.41. The van der Waals surface area contributed by atoms with E-state index in [1.165, 1.54) is 6.07 Å². The first-order chi connectivity index (χ1) is 9.58. The molecule has 0 aliphatic carbocycles. The van der Waals surface area contributed by atoms with Gasteiger partial charge in [-0.25, -0.2) is 0 Å². The second-order valence-electron chi connectivity index (χ2n) is 4.28. The third kappa shape index (κ3) is 3.50. The molecule has 0 fully saturated rings. The molecule has 1 amide bonds. The third-order valence-corrected chi connectivity index (χ3v) is 3.00. The Morgan fingerprint density at radius 1 is 1.30 bits per heavy atom. The van der Waals surface area contributed by atoms with E-state index in [0.717, 1.165) is 5.56 Å². The molecule has 0 aliphatic heterocycles. The molecule has 100 valence electrons. The highest BCUT2D eigenvalue weighted by Gasteiger charge is 2.08. The normalized spacial score (nSPS) is 9.80. The van der Waals surface area contributed by atoms with Crippen LogP contribution in [0.15, 0.2) is 42.5 Å². The Hall–Kier alpha value is -2.51. The first-order valence-electron chi connectivity index (χ1n) is 5.92. The van der Waals surface area contributed by atoms with Gasteiger partial charge in [0.15, 0.2) is 0 Å². The highest BCUT2D eigenvalue weighted by molar-refractivity contribution is 6.33. The third-order valence-electron chi connectivity index (χ3n) is 2.69. The summed E-state index contributed by atoms with van der Waals surface area (Å²) in [6.45, 7) is 0. The summed E-state index contributed by atoms with van der Waals surface area (Å²) in [6, 6.07) is 13.8. The summed E-state index contributed by atoms with van der Waals surface area (Å²) in [5.74, 6) is -0.192. The largest absolute Gasteiger partial charge is 0.399 e. The Labute approximate surface area is 121 Å². The number of rotatable bonds is 3. The van der Waals surface area contributed by atoms with E-state index >= 15 is 0 Å². The van der Waals surface area contributed by atoms with Crippen molar-refractivity contribution in [3.8, 4) is 6.07 Å². The van der Waals surface area contributed by atoms with Crippen LogP contribution in [0.3, 0.4) is 0 Å². The lowest BCUT2D eigenvalue weighted by molar-refractivity contribution is -0.115. The summed E-state index contributed by atoms with van der Waals surface area (Å²) in [5.41, 5.74) is 8.04. The van der Waals surface area contributed by atoms with Gasteiger partial charge in [0, 0.05) is 5.69 Å². The van der Waals surface area contributed by atoms with Gasteiger partial charge in [-0.1, -0.05) is 23.7 Å². The number of carbonyl (C=O) groups excluding carboxylic acids is 1. The summed E-state index contributed by atoms with van der Waals surface area (Å²) in [4.78, 5) is 11.9. The Kier molecular flexibility index (Phi) is 4.24. The lowest BCUT2D eigenvalue weighted by Gasteiger charge is -2.08. The molecule has 0 radical (unpaired) electrons. The number of hydrogen-bond acceptors (Lipinski definition) is 3. The molecule has 0 spiro atoms. The number of halogens is 1. The minimum absolute atomic E-state index is 0.192. The number of nitrogens with one attached hydrogen (secondary N) is 1. The molecule has 0 aromatic heterocycles. The number of benzene rings is 2. The number of nitrogens with two attached hydrogens (primary N) is 1. The fourth-order valence-electron chi connectivity index (χ4n) is 1.77. The summed E-state index contributed by atoms with van der Waals surface area (Å²) in [5, 5.41) is 11.8. The Balaban J connectivity index is 2.07. The predicted octanol–water partition coefficient (Wildman–Crippen LogP) is 2.98. The van der Waals surface area contributed by atoms with E-state index in [4.69, 9.17) is 22.6 Å². The van der Waals surface area contributed by atoms with Crippen LogP contribution in [0.25, 0.3) is 0 Å². The summed E-state index contributed by atoms with van der Waals surface area (Å²) < 4.78 is 0. The molecule has 4 nitrogen and oxygen atoms in total. The highest BCUT2D eigenvalue weighted by atomic mass is 35.5. The zero-order valence-electron chi connectivity index (χ0n) is 10.6. The summed E-state index contributed by atoms with van der Waals surface area (Å²) in [6.07, 6.45) is 0.210. The number of nitrogen functional groups attached to an aromatic ring is 1. The first-order valence-corrected chi connectivity index (χ1v) is 6.30.